The van der Waals surface area contributed by atoms with Gasteiger partial charge in [0.1, 0.15) is 24.4 Å². The Bertz CT molecular complexity index is 364. The Balaban J connectivity index is 2.12. The van der Waals surface area contributed by atoms with Gasteiger partial charge in [0.05, 0.1) is 6.61 Å². The van der Waals surface area contributed by atoms with Gasteiger partial charge in [-0.25, -0.2) is 4.79 Å². The van der Waals surface area contributed by atoms with Crippen LogP contribution in [0.25, 0.3) is 0 Å². The Morgan fingerprint density at radius 3 is 2.61 bits per heavy atom. The maximum atomic E-state index is 11.6. The third kappa shape index (κ3) is 2.06. The van der Waals surface area contributed by atoms with Gasteiger partial charge < -0.3 is 25.8 Å². The number of nitrogens with two attached hydrogens (primary N) is 1. The molecule has 3 amide bonds. The van der Waals surface area contributed by atoms with Crippen molar-refractivity contribution in [2.24, 2.45) is 5.73 Å². The lowest BCUT2D eigenvalue weighted by molar-refractivity contribution is -0.127. The first-order valence-corrected chi connectivity index (χ1v) is 5.45. The number of aliphatic hydroxyl groups is 3. The first-order valence-electron chi connectivity index (χ1n) is 5.45. The predicted octanol–water partition coefficient (Wildman–Crippen LogP) is -3.70. The Labute approximate surface area is 102 Å². The monoisotopic (exact) mass is 261 g/mol. The molecule has 2 heterocycles. The number of imide groups is 1. The summed E-state index contributed by atoms with van der Waals surface area (Å²) < 4.78 is 5.18. The molecule has 5 atom stereocenters. The van der Waals surface area contributed by atoms with E-state index in [0.29, 0.717) is 0 Å². The molecule has 0 spiro atoms. The third-order valence-electron chi connectivity index (χ3n) is 3.05. The van der Waals surface area contributed by atoms with Crippen LogP contribution in [0.3, 0.4) is 0 Å². The van der Waals surface area contributed by atoms with Crippen LogP contribution in [0.5, 0.6) is 0 Å². The number of hydrogen-bond acceptors (Lipinski definition) is 7. The smallest absolute Gasteiger partial charge is 0.326 e. The maximum Gasteiger partial charge on any atom is 0.326 e. The molecule has 102 valence electrons. The Morgan fingerprint density at radius 1 is 1.39 bits per heavy atom. The average molecular weight is 261 g/mol. The van der Waals surface area contributed by atoms with E-state index in [2.05, 4.69) is 0 Å². The van der Waals surface area contributed by atoms with Crippen molar-refractivity contribution >= 4 is 11.9 Å². The van der Waals surface area contributed by atoms with E-state index in [1.54, 1.807) is 0 Å². The van der Waals surface area contributed by atoms with Gasteiger partial charge in [-0.2, -0.15) is 0 Å². The molecule has 0 aliphatic carbocycles. The molecule has 18 heavy (non-hydrogen) atoms. The number of nitrogens with zero attached hydrogens (tertiary/aromatic N) is 1. The quantitative estimate of drug-likeness (QED) is 0.344. The molecule has 0 bridgehead atoms. The second kappa shape index (κ2) is 4.78. The highest BCUT2D eigenvalue weighted by Gasteiger charge is 2.48. The van der Waals surface area contributed by atoms with E-state index in [9.17, 15) is 19.8 Å². The summed E-state index contributed by atoms with van der Waals surface area (Å²) in [5.74, 6) is -0.608. The molecule has 5 unspecified atom stereocenters. The SMILES string of the molecule is NC1CN(C2OC(CO)C(O)C2O)C(=O)NC1=O. The summed E-state index contributed by atoms with van der Waals surface area (Å²) in [7, 11) is 0. The van der Waals surface area contributed by atoms with E-state index in [-0.39, 0.29) is 6.54 Å². The topological polar surface area (TPSA) is 145 Å². The van der Waals surface area contributed by atoms with Crippen molar-refractivity contribution in [2.75, 3.05) is 13.2 Å². The molecule has 9 nitrogen and oxygen atoms in total. The normalized spacial score (nSPS) is 41.1. The van der Waals surface area contributed by atoms with E-state index in [1.807, 2.05) is 5.32 Å². The minimum atomic E-state index is -1.37. The number of amides is 3. The minimum Gasteiger partial charge on any atom is -0.394 e. The summed E-state index contributed by atoms with van der Waals surface area (Å²) in [6.45, 7) is -0.619. The first-order chi connectivity index (χ1) is 8.45. The number of carbonyl (C=O) groups excluding carboxylic acids is 2. The van der Waals surface area contributed by atoms with Crippen LogP contribution in [0.2, 0.25) is 0 Å². The van der Waals surface area contributed by atoms with Crippen LogP contribution < -0.4 is 11.1 Å². The molecule has 0 saturated carbocycles. The van der Waals surface area contributed by atoms with Crippen LogP contribution in [0, 0.1) is 0 Å². The molecule has 2 rings (SSSR count). The van der Waals surface area contributed by atoms with Crippen molar-refractivity contribution in [1.29, 1.82) is 0 Å². The molecule has 0 aromatic carbocycles. The summed E-state index contributed by atoms with van der Waals surface area (Å²) in [5, 5.41) is 30.3. The van der Waals surface area contributed by atoms with E-state index < -0.39 is 49.1 Å². The van der Waals surface area contributed by atoms with Crippen LogP contribution in [0.1, 0.15) is 0 Å². The number of nitrogens with one attached hydrogen (secondary N) is 1. The lowest BCUT2D eigenvalue weighted by Crippen LogP contribution is -2.64. The fraction of sp³-hybridized carbons (Fsp3) is 0.778. The van der Waals surface area contributed by atoms with Gasteiger partial charge in [-0.1, -0.05) is 0 Å². The molecule has 9 heteroatoms. The highest BCUT2D eigenvalue weighted by Crippen LogP contribution is 2.24. The highest BCUT2D eigenvalue weighted by atomic mass is 16.6. The summed E-state index contributed by atoms with van der Waals surface area (Å²) >= 11 is 0. The van der Waals surface area contributed by atoms with Gasteiger partial charge >= 0.3 is 6.03 Å². The van der Waals surface area contributed by atoms with Gasteiger partial charge in [0.25, 0.3) is 0 Å². The molecular weight excluding hydrogens is 246 g/mol. The molecule has 2 fully saturated rings. The van der Waals surface area contributed by atoms with Gasteiger partial charge in [0.15, 0.2) is 6.23 Å². The van der Waals surface area contributed by atoms with Crippen molar-refractivity contribution in [2.45, 2.75) is 30.6 Å². The third-order valence-corrected chi connectivity index (χ3v) is 3.05. The molecule has 6 N–H and O–H groups in total. The molecule has 0 aromatic rings. The van der Waals surface area contributed by atoms with Crippen molar-refractivity contribution in [1.82, 2.24) is 10.2 Å². The standard InChI is InChI=1S/C9H15N3O6/c10-3-1-12(9(17)11-7(3)16)8-6(15)5(14)4(2-13)18-8/h3-6,8,13-15H,1-2,10H2,(H,11,16,17). The van der Waals surface area contributed by atoms with Gasteiger partial charge in [-0.05, 0) is 0 Å². The van der Waals surface area contributed by atoms with Crippen molar-refractivity contribution in [3.8, 4) is 0 Å². The summed E-state index contributed by atoms with van der Waals surface area (Å²) in [4.78, 5) is 23.8. The second-order valence-electron chi connectivity index (χ2n) is 4.28. The second-order valence-corrected chi connectivity index (χ2v) is 4.28. The summed E-state index contributed by atoms with van der Waals surface area (Å²) in [6, 6.07) is -1.68. The predicted molar refractivity (Wildman–Crippen MR) is 56.0 cm³/mol. The van der Waals surface area contributed by atoms with Gasteiger partial charge in [0, 0.05) is 6.54 Å². The lowest BCUT2D eigenvalue weighted by Gasteiger charge is -2.35. The Hall–Kier alpha value is -1.26. The van der Waals surface area contributed by atoms with Crippen LogP contribution in [0.15, 0.2) is 0 Å². The first kappa shape index (κ1) is 13.2. The molecule has 0 radical (unpaired) electrons. The largest absolute Gasteiger partial charge is 0.394 e. The van der Waals surface area contributed by atoms with E-state index in [1.165, 1.54) is 0 Å². The van der Waals surface area contributed by atoms with Crippen LogP contribution in [-0.2, 0) is 9.53 Å². The van der Waals surface area contributed by atoms with Gasteiger partial charge in [0.2, 0.25) is 5.91 Å². The lowest BCUT2D eigenvalue weighted by atomic mass is 10.1. The fourth-order valence-electron chi connectivity index (χ4n) is 2.00. The van der Waals surface area contributed by atoms with E-state index in [4.69, 9.17) is 15.6 Å². The number of aliphatic hydroxyl groups excluding tert-OH is 3. The van der Waals surface area contributed by atoms with Crippen molar-refractivity contribution in [3.05, 3.63) is 0 Å². The minimum absolute atomic E-state index is 0.128. The van der Waals surface area contributed by atoms with Crippen molar-refractivity contribution in [3.63, 3.8) is 0 Å². The van der Waals surface area contributed by atoms with Crippen LogP contribution >= 0.6 is 0 Å². The number of carbonyl (C=O) groups is 2. The van der Waals surface area contributed by atoms with E-state index >= 15 is 0 Å². The zero-order valence-electron chi connectivity index (χ0n) is 9.39. The Morgan fingerprint density at radius 2 is 2.06 bits per heavy atom. The number of ether oxygens (including phenoxy) is 1. The molecule has 2 aliphatic rings. The molecule has 2 aliphatic heterocycles. The Kier molecular flexibility index (Phi) is 3.50. The number of hydrogen-bond donors (Lipinski definition) is 5. The highest BCUT2D eigenvalue weighted by molar-refractivity contribution is 5.99. The summed E-state index contributed by atoms with van der Waals surface area (Å²) in [5.41, 5.74) is 5.49. The molecule has 2 saturated heterocycles. The fourth-order valence-corrected chi connectivity index (χ4v) is 2.00. The summed E-state index contributed by atoms with van der Waals surface area (Å²) in [6.07, 6.45) is -4.79. The van der Waals surface area contributed by atoms with Gasteiger partial charge in [-0.15, -0.1) is 0 Å². The zero-order valence-corrected chi connectivity index (χ0v) is 9.39. The van der Waals surface area contributed by atoms with Crippen molar-refractivity contribution < 1.29 is 29.6 Å². The maximum absolute atomic E-state index is 11.6. The van der Waals surface area contributed by atoms with E-state index in [0.717, 1.165) is 4.90 Å². The number of urea groups is 1. The van der Waals surface area contributed by atoms with Gasteiger partial charge in [-0.3, -0.25) is 15.0 Å². The molecular formula is C9H15N3O6. The number of rotatable bonds is 2. The zero-order chi connectivity index (χ0) is 13.4. The van der Waals surface area contributed by atoms with Crippen LogP contribution in [-0.4, -0.2) is 75.9 Å². The van der Waals surface area contributed by atoms with Crippen LogP contribution in [0.4, 0.5) is 4.79 Å². The average Bonchev–Trinajstić information content (AvgIpc) is 2.61. The molecule has 0 aromatic heterocycles.